The standard InChI is InChI=1S/C14H23BO/c1-5-6-7-11-8-9-13(12(15)10-11)16-14(2,3)4/h8-10H,5-7,15H2,1-4H3. The molecule has 1 nitrogen and oxygen atoms in total. The van der Waals surface area contributed by atoms with Gasteiger partial charge in [0, 0.05) is 0 Å². The van der Waals surface area contributed by atoms with Gasteiger partial charge in [0.25, 0.3) is 0 Å². The molecule has 0 saturated heterocycles. The van der Waals surface area contributed by atoms with E-state index < -0.39 is 0 Å². The Hall–Kier alpha value is -0.915. The molecule has 0 aliphatic carbocycles. The van der Waals surface area contributed by atoms with Crippen molar-refractivity contribution in [3.05, 3.63) is 23.8 Å². The molecule has 1 aromatic carbocycles. The van der Waals surface area contributed by atoms with Gasteiger partial charge in [-0.2, -0.15) is 0 Å². The molecule has 0 aliphatic rings. The monoisotopic (exact) mass is 218 g/mol. The predicted octanol–water partition coefficient (Wildman–Crippen LogP) is 2.46. The molecule has 0 heterocycles. The van der Waals surface area contributed by atoms with Crippen molar-refractivity contribution in [3.63, 3.8) is 0 Å². The molecule has 0 aromatic heterocycles. The Balaban J connectivity index is 2.75. The third-order valence-corrected chi connectivity index (χ3v) is 2.47. The van der Waals surface area contributed by atoms with Crippen LogP contribution in [0.1, 0.15) is 46.1 Å². The van der Waals surface area contributed by atoms with Crippen molar-refractivity contribution in [1.82, 2.24) is 0 Å². The molecule has 0 spiro atoms. The van der Waals surface area contributed by atoms with E-state index in [2.05, 4.69) is 53.7 Å². The number of hydrogen-bond donors (Lipinski definition) is 0. The Morgan fingerprint density at radius 1 is 1.25 bits per heavy atom. The molecule has 0 atom stereocenters. The van der Waals surface area contributed by atoms with Crippen LogP contribution >= 0.6 is 0 Å². The summed E-state index contributed by atoms with van der Waals surface area (Å²) in [7, 11) is 2.12. The van der Waals surface area contributed by atoms with E-state index in [4.69, 9.17) is 4.74 Å². The minimum Gasteiger partial charge on any atom is -0.489 e. The Labute approximate surface area is 101 Å². The lowest BCUT2D eigenvalue weighted by atomic mass is 9.91. The summed E-state index contributed by atoms with van der Waals surface area (Å²) >= 11 is 0. The number of benzene rings is 1. The zero-order chi connectivity index (χ0) is 12.2. The Kier molecular flexibility index (Phi) is 4.46. The molecule has 0 saturated carbocycles. The first-order valence-electron chi connectivity index (χ1n) is 6.21. The lowest BCUT2D eigenvalue weighted by molar-refractivity contribution is 0.132. The van der Waals surface area contributed by atoms with Gasteiger partial charge in [-0.15, -0.1) is 0 Å². The second kappa shape index (κ2) is 5.42. The van der Waals surface area contributed by atoms with E-state index in [1.165, 1.54) is 30.3 Å². The first-order chi connectivity index (χ1) is 7.42. The van der Waals surface area contributed by atoms with Gasteiger partial charge in [-0.3, -0.25) is 0 Å². The molecule has 0 radical (unpaired) electrons. The second-order valence-corrected chi connectivity index (χ2v) is 5.42. The molecular weight excluding hydrogens is 195 g/mol. The molecule has 2 heteroatoms. The fraction of sp³-hybridized carbons (Fsp3) is 0.571. The maximum atomic E-state index is 5.89. The Morgan fingerprint density at radius 3 is 2.44 bits per heavy atom. The van der Waals surface area contributed by atoms with Gasteiger partial charge in [-0.1, -0.05) is 25.5 Å². The van der Waals surface area contributed by atoms with E-state index in [0.29, 0.717) is 0 Å². The van der Waals surface area contributed by atoms with Crippen LogP contribution in [0, 0.1) is 0 Å². The fourth-order valence-corrected chi connectivity index (χ4v) is 1.69. The van der Waals surface area contributed by atoms with E-state index in [0.717, 1.165) is 5.75 Å². The van der Waals surface area contributed by atoms with Gasteiger partial charge in [0.2, 0.25) is 0 Å². The minimum atomic E-state index is -0.115. The van der Waals surface area contributed by atoms with Crippen LogP contribution in [-0.4, -0.2) is 13.4 Å². The molecule has 1 rings (SSSR count). The van der Waals surface area contributed by atoms with Crippen molar-refractivity contribution in [2.75, 3.05) is 0 Å². The van der Waals surface area contributed by atoms with Crippen LogP contribution in [0.3, 0.4) is 0 Å². The molecule has 0 aliphatic heterocycles. The van der Waals surface area contributed by atoms with E-state index >= 15 is 0 Å². The first-order valence-corrected chi connectivity index (χ1v) is 6.21. The summed E-state index contributed by atoms with van der Waals surface area (Å²) in [5, 5.41) is 0. The molecule has 16 heavy (non-hydrogen) atoms. The molecule has 0 fully saturated rings. The lowest BCUT2D eigenvalue weighted by Crippen LogP contribution is -2.26. The summed E-state index contributed by atoms with van der Waals surface area (Å²) in [5.41, 5.74) is 2.54. The number of rotatable bonds is 4. The SMILES string of the molecule is Bc1cc(CCCC)ccc1OC(C)(C)C. The number of ether oxygens (including phenoxy) is 1. The molecule has 0 bridgehead atoms. The first kappa shape index (κ1) is 13.2. The molecule has 0 unspecified atom stereocenters. The predicted molar refractivity (Wildman–Crippen MR) is 73.6 cm³/mol. The number of aryl methyl sites for hydroxylation is 1. The lowest BCUT2D eigenvalue weighted by Gasteiger charge is -2.23. The summed E-state index contributed by atoms with van der Waals surface area (Å²) in [6.45, 7) is 8.47. The summed E-state index contributed by atoms with van der Waals surface area (Å²) in [5.74, 6) is 1.01. The van der Waals surface area contributed by atoms with Crippen molar-refractivity contribution in [3.8, 4) is 5.75 Å². The van der Waals surface area contributed by atoms with Crippen molar-refractivity contribution < 1.29 is 4.74 Å². The topological polar surface area (TPSA) is 9.23 Å². The fourth-order valence-electron chi connectivity index (χ4n) is 1.69. The third-order valence-electron chi connectivity index (χ3n) is 2.47. The Bertz CT molecular complexity index is 339. The van der Waals surface area contributed by atoms with Gasteiger partial charge in [-0.25, -0.2) is 0 Å². The normalized spacial score (nSPS) is 11.5. The average Bonchev–Trinajstić information content (AvgIpc) is 2.17. The van der Waals surface area contributed by atoms with Crippen molar-refractivity contribution in [2.45, 2.75) is 52.6 Å². The van der Waals surface area contributed by atoms with Gasteiger partial charge in [0.15, 0.2) is 0 Å². The summed E-state index contributed by atoms with van der Waals surface area (Å²) in [4.78, 5) is 0. The highest BCUT2D eigenvalue weighted by Gasteiger charge is 2.13. The van der Waals surface area contributed by atoms with E-state index in [9.17, 15) is 0 Å². The van der Waals surface area contributed by atoms with Gasteiger partial charge < -0.3 is 4.74 Å². The zero-order valence-electron chi connectivity index (χ0n) is 11.3. The van der Waals surface area contributed by atoms with Gasteiger partial charge in [-0.05, 0) is 50.7 Å². The summed E-state index contributed by atoms with van der Waals surface area (Å²) in [6.07, 6.45) is 3.69. The largest absolute Gasteiger partial charge is 0.489 e. The Morgan fingerprint density at radius 2 is 1.94 bits per heavy atom. The van der Waals surface area contributed by atoms with Crippen LogP contribution in [0.5, 0.6) is 5.75 Å². The van der Waals surface area contributed by atoms with Crippen molar-refractivity contribution in [2.24, 2.45) is 0 Å². The maximum Gasteiger partial charge on any atom is 0.144 e. The molecule has 1 aromatic rings. The van der Waals surface area contributed by atoms with Gasteiger partial charge in [0.05, 0.1) is 0 Å². The molecule has 88 valence electrons. The van der Waals surface area contributed by atoms with Crippen molar-refractivity contribution >= 4 is 13.3 Å². The maximum absolute atomic E-state index is 5.89. The van der Waals surface area contributed by atoms with Crippen LogP contribution in [0.2, 0.25) is 0 Å². The smallest absolute Gasteiger partial charge is 0.144 e. The number of hydrogen-bond acceptors (Lipinski definition) is 1. The van der Waals surface area contributed by atoms with Crippen LogP contribution in [0.4, 0.5) is 0 Å². The summed E-state index contributed by atoms with van der Waals surface area (Å²) < 4.78 is 5.89. The van der Waals surface area contributed by atoms with Crippen LogP contribution < -0.4 is 10.2 Å². The minimum absolute atomic E-state index is 0.115. The van der Waals surface area contributed by atoms with E-state index in [1.54, 1.807) is 0 Å². The van der Waals surface area contributed by atoms with E-state index in [1.807, 2.05) is 0 Å². The highest BCUT2D eigenvalue weighted by molar-refractivity contribution is 6.34. The summed E-state index contributed by atoms with van der Waals surface area (Å²) in [6, 6.07) is 6.53. The van der Waals surface area contributed by atoms with Gasteiger partial charge in [0.1, 0.15) is 19.2 Å². The third kappa shape index (κ3) is 4.30. The highest BCUT2D eigenvalue weighted by atomic mass is 16.5. The molecule has 0 N–H and O–H groups in total. The van der Waals surface area contributed by atoms with E-state index in [-0.39, 0.29) is 5.60 Å². The van der Waals surface area contributed by atoms with Crippen LogP contribution in [0.25, 0.3) is 0 Å². The quantitative estimate of drug-likeness (QED) is 0.705. The molecular formula is C14H23BO. The van der Waals surface area contributed by atoms with Crippen molar-refractivity contribution in [1.29, 1.82) is 0 Å². The van der Waals surface area contributed by atoms with Gasteiger partial charge >= 0.3 is 0 Å². The average molecular weight is 218 g/mol. The van der Waals surface area contributed by atoms with Crippen LogP contribution in [0.15, 0.2) is 18.2 Å². The number of unbranched alkanes of at least 4 members (excludes halogenated alkanes) is 1. The van der Waals surface area contributed by atoms with Crippen LogP contribution in [-0.2, 0) is 6.42 Å². The highest BCUT2D eigenvalue weighted by Crippen LogP contribution is 2.16. The second-order valence-electron chi connectivity index (χ2n) is 5.42. The molecule has 0 amide bonds. The zero-order valence-corrected chi connectivity index (χ0v) is 11.3.